The van der Waals surface area contributed by atoms with Gasteiger partial charge in [0.1, 0.15) is 18.2 Å². The minimum atomic E-state index is -0.562. The third-order valence-corrected chi connectivity index (χ3v) is 6.70. The summed E-state index contributed by atoms with van der Waals surface area (Å²) >= 11 is 24.5. The normalized spacial score (nSPS) is 15.0. The summed E-state index contributed by atoms with van der Waals surface area (Å²) in [5.41, 5.74) is 1.99. The number of hydrogen-bond donors (Lipinski definition) is 0. The van der Waals surface area contributed by atoms with Gasteiger partial charge in [-0.05, 0) is 54.1 Å². The minimum absolute atomic E-state index is 0.0776. The van der Waals surface area contributed by atoms with E-state index in [9.17, 15) is 9.18 Å². The Morgan fingerprint density at radius 3 is 2.59 bits per heavy atom. The van der Waals surface area contributed by atoms with Gasteiger partial charge in [0.15, 0.2) is 4.32 Å². The lowest BCUT2D eigenvalue weighted by Crippen LogP contribution is -2.27. The summed E-state index contributed by atoms with van der Waals surface area (Å²) in [4.78, 5) is 14.7. The highest BCUT2D eigenvalue weighted by Gasteiger charge is 2.33. The molecule has 3 aromatic rings. The third kappa shape index (κ3) is 5.11. The molecule has 0 aromatic heterocycles. The van der Waals surface area contributed by atoms with Crippen molar-refractivity contribution in [2.45, 2.75) is 6.61 Å². The average molecular weight is 525 g/mol. The van der Waals surface area contributed by atoms with Crippen molar-refractivity contribution in [3.8, 4) is 5.75 Å². The Morgan fingerprint density at radius 2 is 1.84 bits per heavy atom. The zero-order valence-electron chi connectivity index (χ0n) is 16.2. The van der Waals surface area contributed by atoms with Crippen LogP contribution in [0, 0.1) is 5.82 Å². The predicted octanol–water partition coefficient (Wildman–Crippen LogP) is 7.77. The topological polar surface area (TPSA) is 29.5 Å². The molecule has 32 heavy (non-hydrogen) atoms. The number of thiocarbonyl (C=S) groups is 1. The molecule has 0 unspecified atom stereocenters. The van der Waals surface area contributed by atoms with Gasteiger partial charge < -0.3 is 4.74 Å². The lowest BCUT2D eigenvalue weighted by Gasteiger charge is -2.14. The Labute approximate surface area is 208 Å². The van der Waals surface area contributed by atoms with Crippen LogP contribution in [-0.4, -0.2) is 10.2 Å². The van der Waals surface area contributed by atoms with Gasteiger partial charge >= 0.3 is 0 Å². The lowest BCUT2D eigenvalue weighted by atomic mass is 10.2. The first-order chi connectivity index (χ1) is 15.3. The van der Waals surface area contributed by atoms with Gasteiger partial charge in [-0.1, -0.05) is 77.0 Å². The smallest absolute Gasteiger partial charge is 0.270 e. The first-order valence-corrected chi connectivity index (χ1v) is 11.6. The number of rotatable bonds is 5. The van der Waals surface area contributed by atoms with Crippen LogP contribution < -0.4 is 9.64 Å². The molecule has 0 N–H and O–H groups in total. The fourth-order valence-electron chi connectivity index (χ4n) is 2.96. The number of carbonyl (C=O) groups excluding carboxylic acids is 1. The Balaban J connectivity index is 1.52. The molecule has 1 amide bonds. The van der Waals surface area contributed by atoms with E-state index in [4.69, 9.17) is 51.8 Å². The van der Waals surface area contributed by atoms with Crippen molar-refractivity contribution in [3.05, 3.63) is 97.6 Å². The molecule has 3 nitrogen and oxygen atoms in total. The summed E-state index contributed by atoms with van der Waals surface area (Å²) in [5.74, 6) is -0.249. The van der Waals surface area contributed by atoms with Crippen LogP contribution in [0.4, 0.5) is 10.1 Å². The molecule has 1 saturated heterocycles. The largest absolute Gasteiger partial charge is 0.489 e. The van der Waals surface area contributed by atoms with Gasteiger partial charge in [0.25, 0.3) is 5.91 Å². The first kappa shape index (κ1) is 23.1. The highest BCUT2D eigenvalue weighted by Crippen LogP contribution is 2.37. The fraction of sp³-hybridized carbons (Fsp3) is 0.0435. The number of anilines is 1. The number of nitrogens with zero attached hydrogens (tertiary/aromatic N) is 1. The molecule has 0 atom stereocenters. The Bertz CT molecular complexity index is 1270. The van der Waals surface area contributed by atoms with Crippen LogP contribution in [0.1, 0.15) is 11.1 Å². The lowest BCUT2D eigenvalue weighted by molar-refractivity contribution is -0.113. The molecule has 0 radical (unpaired) electrons. The fourth-order valence-corrected chi connectivity index (χ4v) is 4.90. The highest BCUT2D eigenvalue weighted by atomic mass is 35.5. The number of hydrogen-bond acceptors (Lipinski definition) is 4. The summed E-state index contributed by atoms with van der Waals surface area (Å²) < 4.78 is 19.7. The quantitative estimate of drug-likeness (QED) is 0.252. The number of ether oxygens (including phenoxy) is 1. The zero-order valence-corrected chi connectivity index (χ0v) is 20.1. The maximum absolute atomic E-state index is 13.5. The van der Waals surface area contributed by atoms with E-state index in [1.54, 1.807) is 18.2 Å². The molecule has 1 fully saturated rings. The van der Waals surface area contributed by atoms with Gasteiger partial charge in [-0.2, -0.15) is 0 Å². The molecule has 0 bridgehead atoms. The van der Waals surface area contributed by atoms with Gasteiger partial charge in [-0.25, -0.2) is 4.39 Å². The predicted molar refractivity (Wildman–Crippen MR) is 134 cm³/mol. The van der Waals surface area contributed by atoms with Gasteiger partial charge in [0, 0.05) is 15.6 Å². The summed E-state index contributed by atoms with van der Waals surface area (Å²) in [6, 6.07) is 16.6. The maximum atomic E-state index is 13.5. The number of carbonyl (C=O) groups is 1. The van der Waals surface area contributed by atoms with Gasteiger partial charge in [0.05, 0.1) is 15.6 Å². The van der Waals surface area contributed by atoms with Crippen molar-refractivity contribution in [2.24, 2.45) is 0 Å². The van der Waals surface area contributed by atoms with Crippen LogP contribution in [0.3, 0.4) is 0 Å². The average Bonchev–Trinajstić information content (AvgIpc) is 3.03. The summed E-state index contributed by atoms with van der Waals surface area (Å²) in [5, 5.41) is 1.00. The van der Waals surface area contributed by atoms with E-state index in [0.717, 1.165) is 22.9 Å². The molecule has 9 heteroatoms. The highest BCUT2D eigenvalue weighted by molar-refractivity contribution is 8.27. The van der Waals surface area contributed by atoms with E-state index in [2.05, 4.69) is 0 Å². The van der Waals surface area contributed by atoms with Crippen molar-refractivity contribution in [3.63, 3.8) is 0 Å². The van der Waals surface area contributed by atoms with Crippen molar-refractivity contribution in [1.82, 2.24) is 0 Å². The van der Waals surface area contributed by atoms with Gasteiger partial charge in [0.2, 0.25) is 0 Å². The van der Waals surface area contributed by atoms with E-state index < -0.39 is 5.82 Å². The van der Waals surface area contributed by atoms with E-state index in [1.165, 1.54) is 23.1 Å². The summed E-state index contributed by atoms with van der Waals surface area (Å²) in [7, 11) is 0. The van der Waals surface area contributed by atoms with Crippen LogP contribution in [0.5, 0.6) is 5.75 Å². The van der Waals surface area contributed by atoms with Crippen molar-refractivity contribution >= 4 is 80.8 Å². The molecule has 162 valence electrons. The van der Waals surface area contributed by atoms with E-state index in [1.807, 2.05) is 30.3 Å². The SMILES string of the molecule is O=C1/C(=C\c2cccc(OCc3ccc(Cl)cc3Cl)c2)SC(=S)N1c1ccc(F)c(Cl)c1. The van der Waals surface area contributed by atoms with E-state index in [0.29, 0.717) is 30.7 Å². The molecule has 1 aliphatic heterocycles. The molecule has 0 aliphatic carbocycles. The van der Waals surface area contributed by atoms with Crippen LogP contribution >= 0.6 is 58.8 Å². The molecule has 4 rings (SSSR count). The second-order valence-electron chi connectivity index (χ2n) is 6.71. The van der Waals surface area contributed by atoms with Crippen molar-refractivity contribution < 1.29 is 13.9 Å². The van der Waals surface area contributed by atoms with E-state index >= 15 is 0 Å². The van der Waals surface area contributed by atoms with Crippen molar-refractivity contribution in [2.75, 3.05) is 4.90 Å². The second-order valence-corrected chi connectivity index (χ2v) is 9.64. The van der Waals surface area contributed by atoms with Crippen LogP contribution in [-0.2, 0) is 11.4 Å². The van der Waals surface area contributed by atoms with Crippen molar-refractivity contribution in [1.29, 1.82) is 0 Å². The summed E-state index contributed by atoms with van der Waals surface area (Å²) in [6.07, 6.45) is 1.73. The molecular formula is C23H13Cl3FNO2S2. The van der Waals surface area contributed by atoms with Crippen LogP contribution in [0.2, 0.25) is 15.1 Å². The Kier molecular flexibility index (Phi) is 7.08. The first-order valence-electron chi connectivity index (χ1n) is 9.21. The number of thioether (sulfide) groups is 1. The van der Waals surface area contributed by atoms with Gasteiger partial charge in [-0.3, -0.25) is 9.69 Å². The minimum Gasteiger partial charge on any atom is -0.489 e. The number of halogens is 4. The van der Waals surface area contributed by atoms with Crippen LogP contribution in [0.25, 0.3) is 6.08 Å². The molecule has 1 heterocycles. The number of benzene rings is 3. The molecule has 1 aliphatic rings. The summed E-state index contributed by atoms with van der Waals surface area (Å²) in [6.45, 7) is 0.271. The second kappa shape index (κ2) is 9.81. The zero-order chi connectivity index (χ0) is 22.8. The molecule has 0 spiro atoms. The Hall–Kier alpha value is -2.09. The monoisotopic (exact) mass is 523 g/mol. The molecule has 3 aromatic carbocycles. The Morgan fingerprint density at radius 1 is 1.03 bits per heavy atom. The third-order valence-electron chi connectivity index (χ3n) is 4.52. The molecule has 0 saturated carbocycles. The molecular weight excluding hydrogens is 512 g/mol. The van der Waals surface area contributed by atoms with Gasteiger partial charge in [-0.15, -0.1) is 0 Å². The van der Waals surface area contributed by atoms with Crippen LogP contribution in [0.15, 0.2) is 65.6 Å². The standard InChI is InChI=1S/C23H13Cl3FNO2S2/c24-15-5-4-14(18(25)10-15)12-30-17-3-1-2-13(8-17)9-21-22(29)28(23(31)32-21)16-6-7-20(27)19(26)11-16/h1-11H,12H2/b21-9+. The maximum Gasteiger partial charge on any atom is 0.270 e. The number of amides is 1. The van der Waals surface area contributed by atoms with E-state index in [-0.39, 0.29) is 17.5 Å².